The van der Waals surface area contributed by atoms with Gasteiger partial charge in [0.25, 0.3) is 0 Å². The van der Waals surface area contributed by atoms with Crippen molar-refractivity contribution in [1.82, 2.24) is 19.9 Å². The molecule has 10 heteroatoms. The second kappa shape index (κ2) is 6.07. The number of aromatic amines is 1. The molecule has 1 aliphatic heterocycles. The first-order chi connectivity index (χ1) is 14.0. The zero-order valence-electron chi connectivity index (χ0n) is 16.0. The van der Waals surface area contributed by atoms with Crippen molar-refractivity contribution in [2.75, 3.05) is 31.6 Å². The Morgan fingerprint density at radius 1 is 1.24 bits per heavy atom. The molecule has 0 radical (unpaired) electrons. The molecule has 2 aliphatic carbocycles. The molecule has 1 N–H and O–H groups in total. The van der Waals surface area contributed by atoms with Crippen LogP contribution in [-0.4, -0.2) is 64.2 Å². The van der Waals surface area contributed by atoms with Gasteiger partial charge in [0, 0.05) is 25.7 Å². The molecule has 2 aromatic heterocycles. The third-order valence-electron chi connectivity index (χ3n) is 6.14. The quantitative estimate of drug-likeness (QED) is 0.776. The van der Waals surface area contributed by atoms with Crippen molar-refractivity contribution in [2.24, 2.45) is 5.41 Å². The van der Waals surface area contributed by atoms with Crippen LogP contribution in [0.3, 0.4) is 0 Å². The molecule has 1 spiro atoms. The van der Waals surface area contributed by atoms with Crippen LogP contribution in [0.1, 0.15) is 25.7 Å². The summed E-state index contributed by atoms with van der Waals surface area (Å²) in [4.78, 5) is 40.0. The molecule has 0 bridgehead atoms. The first kappa shape index (κ1) is 17.7. The van der Waals surface area contributed by atoms with Crippen molar-refractivity contribution in [3.63, 3.8) is 0 Å². The molecule has 2 aromatic rings. The largest absolute Gasteiger partial charge is 0.514 e. The minimum absolute atomic E-state index is 0.0135. The Hall–Kier alpha value is -3.35. The van der Waals surface area contributed by atoms with Gasteiger partial charge < -0.3 is 24.3 Å². The molecule has 10 nitrogen and oxygen atoms in total. The fourth-order valence-electron chi connectivity index (χ4n) is 4.15. The maximum atomic E-state index is 13.0. The third kappa shape index (κ3) is 2.76. The number of hydrogen-bond donors (Lipinski definition) is 1. The minimum Gasteiger partial charge on any atom is -0.437 e. The van der Waals surface area contributed by atoms with E-state index in [-0.39, 0.29) is 17.3 Å². The summed E-state index contributed by atoms with van der Waals surface area (Å²) in [6, 6.07) is 3.90. The van der Waals surface area contributed by atoms with Gasteiger partial charge in [-0.2, -0.15) is 5.26 Å². The number of nitrogens with zero attached hydrogens (tertiary/aromatic N) is 5. The van der Waals surface area contributed by atoms with Crippen molar-refractivity contribution < 1.29 is 19.1 Å². The maximum absolute atomic E-state index is 13.0. The number of fused-ring (bicyclic) bond motifs is 1. The molecule has 29 heavy (non-hydrogen) atoms. The lowest BCUT2D eigenvalue weighted by Gasteiger charge is -2.43. The van der Waals surface area contributed by atoms with Crippen LogP contribution in [0.5, 0.6) is 5.88 Å². The number of hydrogen-bond acceptors (Lipinski definition) is 8. The first-order valence-corrected chi connectivity index (χ1v) is 9.58. The van der Waals surface area contributed by atoms with E-state index < -0.39 is 11.6 Å². The monoisotopic (exact) mass is 396 g/mol. The van der Waals surface area contributed by atoms with Crippen molar-refractivity contribution in [1.29, 1.82) is 5.26 Å². The zero-order chi connectivity index (χ0) is 20.2. The van der Waals surface area contributed by atoms with Gasteiger partial charge in [-0.25, -0.2) is 14.8 Å². The fraction of sp³-hybridized carbons (Fsp3) is 0.526. The number of methoxy groups -OCH3 is 1. The van der Waals surface area contributed by atoms with Gasteiger partial charge in [-0.15, -0.1) is 0 Å². The summed E-state index contributed by atoms with van der Waals surface area (Å²) >= 11 is 0. The molecule has 0 atom stereocenters. The van der Waals surface area contributed by atoms with Crippen LogP contribution in [0, 0.1) is 16.7 Å². The molecule has 2 saturated carbocycles. The zero-order valence-corrected chi connectivity index (χ0v) is 16.0. The van der Waals surface area contributed by atoms with Crippen molar-refractivity contribution in [2.45, 2.75) is 31.2 Å². The molecule has 5 rings (SSSR count). The lowest BCUT2D eigenvalue weighted by Crippen LogP contribution is -2.58. The Morgan fingerprint density at radius 3 is 2.69 bits per heavy atom. The van der Waals surface area contributed by atoms with Crippen LogP contribution >= 0.6 is 0 Å². The number of carbonyl (C=O) groups excluding carboxylic acids is 2. The average molecular weight is 396 g/mol. The van der Waals surface area contributed by atoms with Gasteiger partial charge >= 0.3 is 6.16 Å². The van der Waals surface area contributed by atoms with Crippen molar-refractivity contribution >= 4 is 28.9 Å². The van der Waals surface area contributed by atoms with Crippen molar-refractivity contribution in [3.8, 4) is 11.9 Å². The SMILES string of the molecule is COC(=O)Oc1cc2c(N3CCN(C(=O)C4(C#N)CC4)C4(CC4)C3)ncnc2[nH]1. The van der Waals surface area contributed by atoms with Gasteiger partial charge in [0.1, 0.15) is 23.2 Å². The smallest absolute Gasteiger partial charge is 0.437 e. The van der Waals surface area contributed by atoms with Crippen LogP contribution in [0.15, 0.2) is 12.4 Å². The minimum atomic E-state index is -0.818. The number of amides is 1. The summed E-state index contributed by atoms with van der Waals surface area (Å²) in [5.74, 6) is 0.944. The lowest BCUT2D eigenvalue weighted by molar-refractivity contribution is -0.138. The van der Waals surface area contributed by atoms with E-state index in [0.29, 0.717) is 38.1 Å². The predicted octanol–water partition coefficient (Wildman–Crippen LogP) is 1.59. The van der Waals surface area contributed by atoms with E-state index in [2.05, 4.69) is 30.7 Å². The summed E-state index contributed by atoms with van der Waals surface area (Å²) in [5.41, 5.74) is -0.458. The summed E-state index contributed by atoms with van der Waals surface area (Å²) < 4.78 is 9.58. The molecule has 1 amide bonds. The number of nitriles is 1. The normalized spacial score (nSPS) is 21.0. The van der Waals surface area contributed by atoms with E-state index in [1.807, 2.05) is 4.90 Å². The number of ether oxygens (including phenoxy) is 2. The lowest BCUT2D eigenvalue weighted by atomic mass is 10.0. The maximum Gasteiger partial charge on any atom is 0.514 e. The highest BCUT2D eigenvalue weighted by atomic mass is 16.7. The van der Waals surface area contributed by atoms with Gasteiger partial charge in [-0.3, -0.25) is 4.79 Å². The highest BCUT2D eigenvalue weighted by Gasteiger charge is 2.60. The number of piperazine rings is 1. The van der Waals surface area contributed by atoms with Gasteiger partial charge in [-0.1, -0.05) is 0 Å². The molecular formula is C19H20N6O4. The third-order valence-corrected chi connectivity index (χ3v) is 6.14. The molecule has 0 aromatic carbocycles. The number of rotatable bonds is 3. The van der Waals surface area contributed by atoms with E-state index in [4.69, 9.17) is 4.74 Å². The summed E-state index contributed by atoms with van der Waals surface area (Å²) in [6.07, 6.45) is 3.82. The van der Waals surface area contributed by atoms with Crippen molar-refractivity contribution in [3.05, 3.63) is 12.4 Å². The standard InChI is InChI=1S/C19H20N6O4/c1-28-17(27)29-13-8-12-14(23-13)21-11-22-15(12)24-6-7-25(19(10-24)4-5-19)16(26)18(9-20)2-3-18/h8,11H,2-7,10H2,1H3,(H,21,22,23). The van der Waals surface area contributed by atoms with E-state index in [0.717, 1.165) is 24.0 Å². The molecular weight excluding hydrogens is 376 g/mol. The molecule has 3 heterocycles. The average Bonchev–Trinajstić information content (AvgIpc) is 3.65. The Balaban J connectivity index is 1.40. The molecule has 150 valence electrons. The summed E-state index contributed by atoms with van der Waals surface area (Å²) in [5, 5.41) is 10.1. The van der Waals surface area contributed by atoms with Crippen LogP contribution in [-0.2, 0) is 9.53 Å². The van der Waals surface area contributed by atoms with Crippen LogP contribution in [0.25, 0.3) is 11.0 Å². The molecule has 0 unspecified atom stereocenters. The number of aromatic nitrogens is 3. The van der Waals surface area contributed by atoms with Crippen LogP contribution in [0.2, 0.25) is 0 Å². The highest BCUT2D eigenvalue weighted by Crippen LogP contribution is 2.52. The van der Waals surface area contributed by atoms with E-state index in [1.54, 1.807) is 6.07 Å². The van der Waals surface area contributed by atoms with Gasteiger partial charge in [0.2, 0.25) is 11.8 Å². The van der Waals surface area contributed by atoms with E-state index in [9.17, 15) is 14.9 Å². The molecule has 3 aliphatic rings. The number of carbonyl (C=O) groups is 2. The number of H-pyrrole nitrogens is 1. The number of anilines is 1. The fourth-order valence-corrected chi connectivity index (χ4v) is 4.15. The highest BCUT2D eigenvalue weighted by molar-refractivity contribution is 5.91. The molecule has 1 saturated heterocycles. The van der Waals surface area contributed by atoms with E-state index in [1.165, 1.54) is 13.4 Å². The Morgan fingerprint density at radius 2 is 2.03 bits per heavy atom. The summed E-state index contributed by atoms with van der Waals surface area (Å²) in [7, 11) is 1.24. The van der Waals surface area contributed by atoms with Crippen LogP contribution < -0.4 is 9.64 Å². The predicted molar refractivity (Wildman–Crippen MR) is 100 cm³/mol. The topological polar surface area (TPSA) is 124 Å². The second-order valence-corrected chi connectivity index (χ2v) is 7.95. The summed E-state index contributed by atoms with van der Waals surface area (Å²) in [6.45, 7) is 1.83. The van der Waals surface area contributed by atoms with Gasteiger partial charge in [0.15, 0.2) is 0 Å². The van der Waals surface area contributed by atoms with Gasteiger partial charge in [0.05, 0.1) is 24.1 Å². The molecule has 3 fully saturated rings. The Kier molecular flexibility index (Phi) is 3.71. The Bertz CT molecular complexity index is 1050. The second-order valence-electron chi connectivity index (χ2n) is 7.95. The number of nitrogens with one attached hydrogen (secondary N) is 1. The van der Waals surface area contributed by atoms with E-state index >= 15 is 0 Å². The van der Waals surface area contributed by atoms with Gasteiger partial charge in [-0.05, 0) is 25.7 Å². The van der Waals surface area contributed by atoms with Crippen LogP contribution in [0.4, 0.5) is 10.6 Å². The first-order valence-electron chi connectivity index (χ1n) is 9.58. The Labute approximate surface area is 166 Å².